The van der Waals surface area contributed by atoms with Crippen LogP contribution in [0.5, 0.6) is 5.75 Å². The van der Waals surface area contributed by atoms with Crippen LogP contribution in [-0.2, 0) is 4.74 Å². The first kappa shape index (κ1) is 29.2. The highest BCUT2D eigenvalue weighted by molar-refractivity contribution is 5.92. The zero-order valence-electron chi connectivity index (χ0n) is 23.7. The fourth-order valence-electron chi connectivity index (χ4n) is 5.09. The number of nitrogens with zero attached hydrogens (tertiary/aromatic N) is 3. The molecule has 0 radical (unpaired) electrons. The van der Waals surface area contributed by atoms with Gasteiger partial charge in [0, 0.05) is 44.0 Å². The molecule has 1 aliphatic heterocycles. The molecule has 222 valence electrons. The highest BCUT2D eigenvalue weighted by Crippen LogP contribution is 2.38. The summed E-state index contributed by atoms with van der Waals surface area (Å²) in [5.74, 6) is -4.26. The second kappa shape index (κ2) is 11.5. The van der Waals surface area contributed by atoms with Gasteiger partial charge in [-0.05, 0) is 63.8 Å². The van der Waals surface area contributed by atoms with Crippen LogP contribution in [0, 0.1) is 17.5 Å². The predicted molar refractivity (Wildman–Crippen MR) is 150 cm³/mol. The van der Waals surface area contributed by atoms with Crippen molar-refractivity contribution in [3.05, 3.63) is 87.6 Å². The first-order valence-electron chi connectivity index (χ1n) is 13.9. The van der Waals surface area contributed by atoms with E-state index in [9.17, 15) is 23.2 Å². The molecule has 0 N–H and O–H groups in total. The summed E-state index contributed by atoms with van der Waals surface area (Å²) in [4.78, 5) is 41.9. The van der Waals surface area contributed by atoms with Crippen LogP contribution in [0.25, 0.3) is 5.69 Å². The average molecular weight is 584 g/mol. The van der Waals surface area contributed by atoms with Gasteiger partial charge >= 0.3 is 12.1 Å². The standard InChI is InChI=1S/C31H32F3N3O5/c1-31(2,3)42-30(40)36-15-13-35(14-16-36)23-11-5-9-21(27(23)33)29(39)41-20-17-25(19-7-4-8-19)37(26(38)18-20)24-12-6-10-22(32)28(24)34/h5-6,9-12,17-19H,4,7-8,13-16H2,1-3H3. The van der Waals surface area contributed by atoms with Crippen molar-refractivity contribution in [2.45, 2.75) is 51.6 Å². The molecule has 1 amide bonds. The molecule has 11 heteroatoms. The summed E-state index contributed by atoms with van der Waals surface area (Å²) in [5.41, 5.74) is -1.32. The molecule has 1 aromatic heterocycles. The number of anilines is 1. The fourth-order valence-corrected chi connectivity index (χ4v) is 5.09. The first-order chi connectivity index (χ1) is 19.9. The van der Waals surface area contributed by atoms with Gasteiger partial charge in [0.1, 0.15) is 11.4 Å². The highest BCUT2D eigenvalue weighted by Gasteiger charge is 2.29. The number of pyridine rings is 1. The number of amides is 1. The van der Waals surface area contributed by atoms with Crippen molar-refractivity contribution in [3.63, 3.8) is 0 Å². The molecule has 0 bridgehead atoms. The zero-order valence-corrected chi connectivity index (χ0v) is 23.7. The van der Waals surface area contributed by atoms with Crippen molar-refractivity contribution in [1.82, 2.24) is 9.47 Å². The third-order valence-corrected chi connectivity index (χ3v) is 7.41. The molecule has 0 spiro atoms. The van der Waals surface area contributed by atoms with Gasteiger partial charge in [0.15, 0.2) is 17.5 Å². The number of esters is 1. The van der Waals surface area contributed by atoms with Gasteiger partial charge in [-0.1, -0.05) is 18.6 Å². The molecule has 2 heterocycles. The number of halogens is 3. The van der Waals surface area contributed by atoms with E-state index >= 15 is 4.39 Å². The van der Waals surface area contributed by atoms with Crippen LogP contribution in [0.1, 0.15) is 62.0 Å². The van der Waals surface area contributed by atoms with Crippen molar-refractivity contribution < 1.29 is 32.2 Å². The van der Waals surface area contributed by atoms with E-state index in [1.807, 2.05) is 0 Å². The Bertz CT molecular complexity index is 1570. The zero-order chi connectivity index (χ0) is 30.2. The second-order valence-electron chi connectivity index (χ2n) is 11.5. The lowest BCUT2D eigenvalue weighted by molar-refractivity contribution is 0.0240. The maximum Gasteiger partial charge on any atom is 0.410 e. The van der Waals surface area contributed by atoms with Crippen LogP contribution in [0.4, 0.5) is 23.7 Å². The Kier molecular flexibility index (Phi) is 8.03. The molecule has 2 aliphatic rings. The summed E-state index contributed by atoms with van der Waals surface area (Å²) < 4.78 is 56.2. The predicted octanol–water partition coefficient (Wildman–Crippen LogP) is 5.80. The highest BCUT2D eigenvalue weighted by atomic mass is 19.2. The van der Waals surface area contributed by atoms with E-state index in [2.05, 4.69) is 0 Å². The number of ether oxygens (including phenoxy) is 2. The van der Waals surface area contributed by atoms with E-state index in [0.717, 1.165) is 36.0 Å². The molecule has 1 saturated heterocycles. The average Bonchev–Trinajstić information content (AvgIpc) is 2.89. The van der Waals surface area contributed by atoms with E-state index in [0.29, 0.717) is 31.9 Å². The normalized spacial score (nSPS) is 15.8. The smallest absolute Gasteiger partial charge is 0.410 e. The number of carbonyl (C=O) groups excluding carboxylic acids is 2. The van der Waals surface area contributed by atoms with Gasteiger partial charge < -0.3 is 19.3 Å². The molecule has 1 saturated carbocycles. The molecule has 1 aliphatic carbocycles. The minimum Gasteiger partial charge on any atom is -0.444 e. The SMILES string of the molecule is CC(C)(C)OC(=O)N1CCN(c2cccc(C(=O)Oc3cc(C4CCC4)n(-c4cccc(F)c4F)c(=O)c3)c2F)CC1. The van der Waals surface area contributed by atoms with E-state index < -0.39 is 40.7 Å². The molecule has 0 unspecified atom stereocenters. The molecule has 8 nitrogen and oxygen atoms in total. The molecular formula is C31H32F3N3O5. The summed E-state index contributed by atoms with van der Waals surface area (Å²) >= 11 is 0. The number of hydrogen-bond acceptors (Lipinski definition) is 6. The Morgan fingerprint density at radius 2 is 1.55 bits per heavy atom. The van der Waals surface area contributed by atoms with Crippen LogP contribution < -0.4 is 15.2 Å². The van der Waals surface area contributed by atoms with Crippen LogP contribution in [0.3, 0.4) is 0 Å². The lowest BCUT2D eigenvalue weighted by Gasteiger charge is -2.37. The van der Waals surface area contributed by atoms with Crippen LogP contribution >= 0.6 is 0 Å². The Labute approximate surface area is 241 Å². The van der Waals surface area contributed by atoms with Gasteiger partial charge in [0.2, 0.25) is 0 Å². The molecule has 42 heavy (non-hydrogen) atoms. The monoisotopic (exact) mass is 583 g/mol. The minimum atomic E-state index is -1.16. The third-order valence-electron chi connectivity index (χ3n) is 7.41. The lowest BCUT2D eigenvalue weighted by Crippen LogP contribution is -2.50. The lowest BCUT2D eigenvalue weighted by atomic mass is 9.82. The Hall–Kier alpha value is -4.28. The van der Waals surface area contributed by atoms with Crippen LogP contribution in [0.2, 0.25) is 0 Å². The quantitative estimate of drug-likeness (QED) is 0.354. The molecule has 0 atom stereocenters. The Morgan fingerprint density at radius 3 is 2.19 bits per heavy atom. The van der Waals surface area contributed by atoms with E-state index in [-0.39, 0.29) is 28.6 Å². The minimum absolute atomic E-state index is 0.113. The van der Waals surface area contributed by atoms with Crippen molar-refractivity contribution in [2.75, 3.05) is 31.1 Å². The van der Waals surface area contributed by atoms with Crippen LogP contribution in [0.15, 0.2) is 53.3 Å². The van der Waals surface area contributed by atoms with Gasteiger partial charge in [0.25, 0.3) is 5.56 Å². The first-order valence-corrected chi connectivity index (χ1v) is 13.9. The van der Waals surface area contributed by atoms with E-state index in [1.54, 1.807) is 36.6 Å². The summed E-state index contributed by atoms with van der Waals surface area (Å²) in [6.45, 7) is 6.63. The number of benzene rings is 2. The maximum absolute atomic E-state index is 15.6. The fraction of sp³-hybridized carbons (Fsp3) is 0.387. The Morgan fingerprint density at radius 1 is 0.881 bits per heavy atom. The molecule has 5 rings (SSSR count). The molecule has 2 fully saturated rings. The largest absolute Gasteiger partial charge is 0.444 e. The number of aromatic nitrogens is 1. The van der Waals surface area contributed by atoms with E-state index in [4.69, 9.17) is 9.47 Å². The van der Waals surface area contributed by atoms with Crippen LogP contribution in [-0.4, -0.2) is 53.3 Å². The molecule has 3 aromatic rings. The van der Waals surface area contributed by atoms with Gasteiger partial charge in [-0.15, -0.1) is 0 Å². The molecular weight excluding hydrogens is 551 g/mol. The second-order valence-corrected chi connectivity index (χ2v) is 11.5. The number of rotatable bonds is 5. The van der Waals surface area contributed by atoms with Gasteiger partial charge in [-0.3, -0.25) is 9.36 Å². The van der Waals surface area contributed by atoms with Crippen molar-refractivity contribution in [1.29, 1.82) is 0 Å². The maximum atomic E-state index is 15.6. The van der Waals surface area contributed by atoms with Gasteiger partial charge in [-0.25, -0.2) is 22.8 Å². The summed E-state index contributed by atoms with van der Waals surface area (Å²) in [6, 6.07) is 10.4. The Balaban J connectivity index is 1.36. The van der Waals surface area contributed by atoms with E-state index in [1.165, 1.54) is 30.3 Å². The topological polar surface area (TPSA) is 81.1 Å². The van der Waals surface area contributed by atoms with Crippen molar-refractivity contribution in [3.8, 4) is 11.4 Å². The summed E-state index contributed by atoms with van der Waals surface area (Å²) in [7, 11) is 0. The number of hydrogen-bond donors (Lipinski definition) is 0. The third kappa shape index (κ3) is 6.00. The number of carbonyl (C=O) groups is 2. The summed E-state index contributed by atoms with van der Waals surface area (Å²) in [6.07, 6.45) is 1.92. The summed E-state index contributed by atoms with van der Waals surface area (Å²) in [5, 5.41) is 0. The molecule has 2 aromatic carbocycles. The van der Waals surface area contributed by atoms with Crippen molar-refractivity contribution in [2.24, 2.45) is 0 Å². The van der Waals surface area contributed by atoms with Gasteiger partial charge in [0.05, 0.1) is 16.9 Å². The van der Waals surface area contributed by atoms with Gasteiger partial charge in [-0.2, -0.15) is 0 Å². The number of piperazine rings is 1. The van der Waals surface area contributed by atoms with Crippen molar-refractivity contribution >= 4 is 17.7 Å².